The van der Waals surface area contributed by atoms with Gasteiger partial charge in [0.2, 0.25) is 0 Å². The van der Waals surface area contributed by atoms with E-state index >= 15 is 0 Å². The Labute approximate surface area is 103 Å². The second-order valence-corrected chi connectivity index (χ2v) is 5.80. The van der Waals surface area contributed by atoms with Gasteiger partial charge < -0.3 is 4.74 Å². The van der Waals surface area contributed by atoms with E-state index in [1.54, 1.807) is 0 Å². The summed E-state index contributed by atoms with van der Waals surface area (Å²) in [7, 11) is 0. The van der Waals surface area contributed by atoms with Gasteiger partial charge in [0.25, 0.3) is 0 Å². The van der Waals surface area contributed by atoms with Crippen LogP contribution < -0.4 is 4.74 Å². The highest BCUT2D eigenvalue weighted by molar-refractivity contribution is 5.39. The highest BCUT2D eigenvalue weighted by Gasteiger charge is 2.37. The van der Waals surface area contributed by atoms with Crippen LogP contribution in [0.25, 0.3) is 0 Å². The molecule has 1 aliphatic carbocycles. The summed E-state index contributed by atoms with van der Waals surface area (Å²) < 4.78 is 5.56. The Morgan fingerprint density at radius 3 is 3.12 bits per heavy atom. The van der Waals surface area contributed by atoms with Crippen LogP contribution in [0.2, 0.25) is 0 Å². The van der Waals surface area contributed by atoms with Crippen molar-refractivity contribution in [1.29, 1.82) is 0 Å². The number of benzene rings is 1. The zero-order chi connectivity index (χ0) is 11.2. The number of nitrogens with zero attached hydrogens (tertiary/aromatic N) is 1. The van der Waals surface area contributed by atoms with E-state index in [1.807, 2.05) is 0 Å². The summed E-state index contributed by atoms with van der Waals surface area (Å²) in [6, 6.07) is 7.64. The normalized spacial score (nSPS) is 30.6. The molecule has 0 radical (unpaired) electrons. The SMILES string of the molecule is c1cc2c(cc1CN1CC3CCC1C3)CCO2. The van der Waals surface area contributed by atoms with Gasteiger partial charge in [-0.25, -0.2) is 0 Å². The molecule has 2 heteroatoms. The van der Waals surface area contributed by atoms with Gasteiger partial charge >= 0.3 is 0 Å². The van der Waals surface area contributed by atoms with E-state index in [2.05, 4.69) is 23.1 Å². The standard InChI is InChI=1S/C15H19NO/c1-3-14-8-12(1)10-16(14)9-11-2-4-15-13(7-11)5-6-17-15/h2,4,7,12,14H,1,3,5-6,8-10H2. The van der Waals surface area contributed by atoms with Crippen molar-refractivity contribution in [3.05, 3.63) is 29.3 Å². The van der Waals surface area contributed by atoms with Crippen molar-refractivity contribution in [2.24, 2.45) is 5.92 Å². The van der Waals surface area contributed by atoms with Gasteiger partial charge in [-0.1, -0.05) is 12.1 Å². The lowest BCUT2D eigenvalue weighted by molar-refractivity contribution is 0.205. The first-order valence-corrected chi connectivity index (χ1v) is 6.87. The Morgan fingerprint density at radius 1 is 1.29 bits per heavy atom. The first-order chi connectivity index (χ1) is 8.38. The third-order valence-corrected chi connectivity index (χ3v) is 4.66. The fourth-order valence-corrected chi connectivity index (χ4v) is 3.79. The average molecular weight is 229 g/mol. The zero-order valence-electron chi connectivity index (χ0n) is 10.2. The minimum absolute atomic E-state index is 0.868. The minimum Gasteiger partial charge on any atom is -0.493 e. The molecule has 0 aromatic heterocycles. The van der Waals surface area contributed by atoms with Crippen LogP contribution in [0.1, 0.15) is 30.4 Å². The van der Waals surface area contributed by atoms with Crippen LogP contribution in [0.3, 0.4) is 0 Å². The summed E-state index contributed by atoms with van der Waals surface area (Å²) in [4.78, 5) is 2.69. The molecule has 4 rings (SSSR count). The maximum absolute atomic E-state index is 5.56. The molecule has 1 aromatic carbocycles. The first-order valence-electron chi connectivity index (χ1n) is 6.87. The van der Waals surface area contributed by atoms with E-state index in [0.29, 0.717) is 0 Å². The minimum atomic E-state index is 0.868. The molecule has 2 fully saturated rings. The molecule has 1 saturated carbocycles. The first kappa shape index (κ1) is 9.95. The summed E-state index contributed by atoms with van der Waals surface area (Å²) in [6.45, 7) is 3.35. The van der Waals surface area contributed by atoms with Crippen LogP contribution in [-0.2, 0) is 13.0 Å². The van der Waals surface area contributed by atoms with Crippen LogP contribution in [0.5, 0.6) is 5.75 Å². The quantitative estimate of drug-likeness (QED) is 0.773. The summed E-state index contributed by atoms with van der Waals surface area (Å²) in [5, 5.41) is 0. The second-order valence-electron chi connectivity index (χ2n) is 5.80. The fourth-order valence-electron chi connectivity index (χ4n) is 3.79. The van der Waals surface area contributed by atoms with E-state index in [0.717, 1.165) is 37.3 Å². The summed E-state index contributed by atoms with van der Waals surface area (Å²) >= 11 is 0. The Hall–Kier alpha value is -1.02. The second kappa shape index (κ2) is 3.74. The third-order valence-electron chi connectivity index (χ3n) is 4.66. The molecule has 2 aliphatic heterocycles. The lowest BCUT2D eigenvalue weighted by Crippen LogP contribution is -2.31. The monoisotopic (exact) mass is 229 g/mol. The maximum Gasteiger partial charge on any atom is 0.122 e. The molecule has 17 heavy (non-hydrogen) atoms. The Kier molecular flexibility index (Phi) is 2.19. The number of ether oxygens (including phenoxy) is 1. The van der Waals surface area contributed by atoms with Crippen LogP contribution in [0.4, 0.5) is 0 Å². The lowest BCUT2D eigenvalue weighted by atomic mass is 10.1. The molecule has 2 bridgehead atoms. The number of piperidine rings is 1. The highest BCUT2D eigenvalue weighted by atomic mass is 16.5. The van der Waals surface area contributed by atoms with E-state index < -0.39 is 0 Å². The molecule has 2 heterocycles. The molecule has 1 aromatic rings. The molecule has 90 valence electrons. The van der Waals surface area contributed by atoms with E-state index in [4.69, 9.17) is 4.74 Å². The zero-order valence-corrected chi connectivity index (χ0v) is 10.2. The number of hydrogen-bond acceptors (Lipinski definition) is 2. The molecule has 2 atom stereocenters. The maximum atomic E-state index is 5.56. The van der Waals surface area contributed by atoms with Gasteiger partial charge in [0.05, 0.1) is 6.61 Å². The fraction of sp³-hybridized carbons (Fsp3) is 0.600. The van der Waals surface area contributed by atoms with Gasteiger partial charge in [-0.3, -0.25) is 4.90 Å². The molecular formula is C15H19NO. The third kappa shape index (κ3) is 1.66. The van der Waals surface area contributed by atoms with Gasteiger partial charge in [0, 0.05) is 25.6 Å². The number of hydrogen-bond donors (Lipinski definition) is 0. The smallest absolute Gasteiger partial charge is 0.122 e. The van der Waals surface area contributed by atoms with Crippen molar-refractivity contribution in [2.45, 2.75) is 38.3 Å². The van der Waals surface area contributed by atoms with Crippen molar-refractivity contribution in [3.63, 3.8) is 0 Å². The summed E-state index contributed by atoms with van der Waals surface area (Å²) in [6.07, 6.45) is 5.45. The molecule has 3 aliphatic rings. The summed E-state index contributed by atoms with van der Waals surface area (Å²) in [5.74, 6) is 2.11. The van der Waals surface area contributed by atoms with Crippen LogP contribution in [0, 0.1) is 5.92 Å². The van der Waals surface area contributed by atoms with Gasteiger partial charge in [-0.15, -0.1) is 0 Å². The van der Waals surface area contributed by atoms with Gasteiger partial charge in [-0.05, 0) is 42.4 Å². The molecule has 0 N–H and O–H groups in total. The van der Waals surface area contributed by atoms with Crippen LogP contribution >= 0.6 is 0 Å². The molecular weight excluding hydrogens is 210 g/mol. The van der Waals surface area contributed by atoms with Crippen molar-refractivity contribution in [3.8, 4) is 5.75 Å². The van der Waals surface area contributed by atoms with Crippen molar-refractivity contribution < 1.29 is 4.74 Å². The Bertz CT molecular complexity index is 443. The molecule has 2 nitrogen and oxygen atoms in total. The summed E-state index contributed by atoms with van der Waals surface area (Å²) in [5.41, 5.74) is 2.88. The van der Waals surface area contributed by atoms with E-state index in [-0.39, 0.29) is 0 Å². The largest absolute Gasteiger partial charge is 0.493 e. The highest BCUT2D eigenvalue weighted by Crippen LogP contribution is 2.38. The Morgan fingerprint density at radius 2 is 2.29 bits per heavy atom. The molecule has 0 amide bonds. The predicted molar refractivity (Wildman–Crippen MR) is 67.2 cm³/mol. The number of fused-ring (bicyclic) bond motifs is 3. The molecule has 2 unspecified atom stereocenters. The van der Waals surface area contributed by atoms with Crippen LogP contribution in [0.15, 0.2) is 18.2 Å². The van der Waals surface area contributed by atoms with Crippen molar-refractivity contribution in [2.75, 3.05) is 13.2 Å². The van der Waals surface area contributed by atoms with E-state index in [9.17, 15) is 0 Å². The van der Waals surface area contributed by atoms with Gasteiger partial charge in [0.1, 0.15) is 5.75 Å². The van der Waals surface area contributed by atoms with E-state index in [1.165, 1.54) is 36.9 Å². The van der Waals surface area contributed by atoms with Gasteiger partial charge in [-0.2, -0.15) is 0 Å². The predicted octanol–water partition coefficient (Wildman–Crippen LogP) is 2.61. The number of rotatable bonds is 2. The topological polar surface area (TPSA) is 12.5 Å². The van der Waals surface area contributed by atoms with Crippen molar-refractivity contribution in [1.82, 2.24) is 4.90 Å². The Balaban J connectivity index is 1.52. The molecule has 1 saturated heterocycles. The average Bonchev–Trinajstić information content (AvgIpc) is 3.03. The lowest BCUT2D eigenvalue weighted by Gasteiger charge is -2.26. The van der Waals surface area contributed by atoms with Gasteiger partial charge in [0.15, 0.2) is 0 Å². The molecule has 0 spiro atoms. The van der Waals surface area contributed by atoms with Crippen LogP contribution in [-0.4, -0.2) is 24.1 Å². The van der Waals surface area contributed by atoms with Crippen molar-refractivity contribution >= 4 is 0 Å². The number of likely N-dealkylation sites (tertiary alicyclic amines) is 1.